The van der Waals surface area contributed by atoms with Crippen LogP contribution in [0.1, 0.15) is 107 Å². The Kier molecular flexibility index (Phi) is 16.4. The molecule has 0 aliphatic carbocycles. The molecule has 2 aliphatic heterocycles. The summed E-state index contributed by atoms with van der Waals surface area (Å²) in [7, 11) is -0.970. The van der Waals surface area contributed by atoms with E-state index in [1.165, 1.54) is 13.2 Å². The minimum Gasteiger partial charge on any atom is -0.493 e. The molecule has 2 fully saturated rings. The fourth-order valence-corrected chi connectivity index (χ4v) is 8.99. The molecule has 0 aromatic heterocycles. The van der Waals surface area contributed by atoms with E-state index in [1.54, 1.807) is 30.2 Å². The predicted octanol–water partition coefficient (Wildman–Crippen LogP) is 9.26. The van der Waals surface area contributed by atoms with Crippen LogP contribution in [-0.4, -0.2) is 115 Å². The SMILES string of the molecule is COc1cc(C(=O)N2CCCC2CO[Si](C)(C)C(C)(C)C)c(N)cc1OCCCCCOc1cc(NC(=O)O)c(C(=O)N2CCCC2CO[Si](C)(C)C(C)(C)C)cc1OC. The Bertz CT molecular complexity index is 1810. The highest BCUT2D eigenvalue weighted by atomic mass is 28.4. The van der Waals surface area contributed by atoms with Crippen LogP contribution in [0.2, 0.25) is 36.3 Å². The lowest BCUT2D eigenvalue weighted by atomic mass is 10.1. The molecule has 60 heavy (non-hydrogen) atoms. The quantitative estimate of drug-likeness (QED) is 0.0698. The molecule has 4 rings (SSSR count). The van der Waals surface area contributed by atoms with E-state index < -0.39 is 22.7 Å². The van der Waals surface area contributed by atoms with E-state index in [4.69, 9.17) is 33.5 Å². The van der Waals surface area contributed by atoms with Crippen LogP contribution in [0.5, 0.6) is 23.0 Å². The van der Waals surface area contributed by atoms with Crippen LogP contribution in [0.25, 0.3) is 0 Å². The van der Waals surface area contributed by atoms with Crippen molar-refractivity contribution >= 4 is 45.9 Å². The summed E-state index contributed by atoms with van der Waals surface area (Å²) in [5.41, 5.74) is 7.49. The summed E-state index contributed by atoms with van der Waals surface area (Å²) in [4.78, 5) is 43.3. The molecular weight excluding hydrogens is 801 g/mol. The number of nitrogens with zero attached hydrogens (tertiary/aromatic N) is 2. The second kappa shape index (κ2) is 20.2. The number of hydrogen-bond acceptors (Lipinski definition) is 10. The molecule has 0 saturated carbocycles. The van der Waals surface area contributed by atoms with Gasteiger partial charge in [0.25, 0.3) is 11.8 Å². The number of ether oxygens (including phenoxy) is 4. The van der Waals surface area contributed by atoms with Gasteiger partial charge in [-0.1, -0.05) is 41.5 Å². The van der Waals surface area contributed by atoms with E-state index in [-0.39, 0.29) is 45.2 Å². The fourth-order valence-electron chi connectivity index (χ4n) is 6.91. The summed E-state index contributed by atoms with van der Waals surface area (Å²) in [5, 5.41) is 12.2. The van der Waals surface area contributed by atoms with Crippen LogP contribution in [-0.2, 0) is 8.85 Å². The van der Waals surface area contributed by atoms with E-state index >= 15 is 0 Å². The molecule has 2 saturated heterocycles. The molecule has 2 atom stereocenters. The highest BCUT2D eigenvalue weighted by Gasteiger charge is 2.41. The number of carbonyl (C=O) groups is 3. The summed E-state index contributed by atoms with van der Waals surface area (Å²) < 4.78 is 36.4. The second-order valence-electron chi connectivity index (χ2n) is 19.1. The van der Waals surface area contributed by atoms with Crippen molar-refractivity contribution in [3.8, 4) is 23.0 Å². The Hall–Kier alpha value is -4.00. The number of nitrogen functional groups attached to an aromatic ring is 1. The first-order valence-corrected chi connectivity index (χ1v) is 27.2. The second-order valence-corrected chi connectivity index (χ2v) is 28.7. The van der Waals surface area contributed by atoms with Crippen LogP contribution in [0.3, 0.4) is 0 Å². The van der Waals surface area contributed by atoms with E-state index in [2.05, 4.69) is 73.0 Å². The van der Waals surface area contributed by atoms with Crippen LogP contribution in [0, 0.1) is 0 Å². The van der Waals surface area contributed by atoms with Crippen molar-refractivity contribution in [2.75, 3.05) is 64.8 Å². The number of hydrogen-bond donors (Lipinski definition) is 3. The Labute approximate surface area is 360 Å². The van der Waals surface area contributed by atoms with Crippen molar-refractivity contribution in [2.24, 2.45) is 0 Å². The van der Waals surface area contributed by atoms with Crippen LogP contribution < -0.4 is 30.0 Å². The maximum Gasteiger partial charge on any atom is 0.409 e. The van der Waals surface area contributed by atoms with Gasteiger partial charge in [0.2, 0.25) is 0 Å². The first kappa shape index (κ1) is 48.7. The number of methoxy groups -OCH3 is 2. The number of rotatable bonds is 19. The molecule has 2 aliphatic rings. The molecule has 336 valence electrons. The Morgan fingerprint density at radius 3 is 1.57 bits per heavy atom. The number of nitrogens with one attached hydrogen (secondary N) is 1. The van der Waals surface area contributed by atoms with Gasteiger partial charge >= 0.3 is 6.09 Å². The molecule has 4 N–H and O–H groups in total. The number of likely N-dealkylation sites (tertiary alicyclic amines) is 2. The third-order valence-corrected chi connectivity index (χ3v) is 21.8. The number of anilines is 2. The maximum absolute atomic E-state index is 14.0. The van der Waals surface area contributed by atoms with Gasteiger partial charge in [-0.05, 0) is 93.3 Å². The van der Waals surface area contributed by atoms with Gasteiger partial charge in [0.1, 0.15) is 0 Å². The average molecular weight is 873 g/mol. The standard InChI is InChI=1S/C44H72N4O10Si2/c1-43(2,3)59(9,10)57-28-30-18-16-20-47(30)40(49)32-24-36(53-7)38(26-34(32)45)55-22-14-13-15-23-56-39-27-35(46-42(51)52)33(25-37(39)54-8)41(50)48-21-17-19-31(48)29-58-60(11,12)44(4,5)6/h24-27,30-31,46H,13-23,28-29,45H2,1-12H3,(H,51,52). The molecule has 2 heterocycles. The molecule has 14 nitrogen and oxygen atoms in total. The molecule has 2 aromatic rings. The molecule has 0 spiro atoms. The van der Waals surface area contributed by atoms with E-state index in [0.29, 0.717) is 86.6 Å². The van der Waals surface area contributed by atoms with Gasteiger partial charge in [-0.15, -0.1) is 0 Å². The van der Waals surface area contributed by atoms with Gasteiger partial charge in [0.15, 0.2) is 39.6 Å². The smallest absolute Gasteiger partial charge is 0.409 e. The number of nitrogens with two attached hydrogens (primary N) is 1. The summed E-state index contributed by atoms with van der Waals surface area (Å²) >= 11 is 0. The number of carbonyl (C=O) groups excluding carboxylic acids is 2. The summed E-state index contributed by atoms with van der Waals surface area (Å²) in [6.07, 6.45) is 4.29. The summed E-state index contributed by atoms with van der Waals surface area (Å²) in [6, 6.07) is 6.27. The zero-order chi connectivity index (χ0) is 44.6. The van der Waals surface area contributed by atoms with Gasteiger partial charge < -0.3 is 48.4 Å². The van der Waals surface area contributed by atoms with Gasteiger partial charge in [-0.2, -0.15) is 0 Å². The van der Waals surface area contributed by atoms with Crippen molar-refractivity contribution in [1.29, 1.82) is 0 Å². The lowest BCUT2D eigenvalue weighted by Gasteiger charge is -2.38. The van der Waals surface area contributed by atoms with Gasteiger partial charge in [-0.25, -0.2) is 4.79 Å². The fraction of sp³-hybridized carbons (Fsp3) is 0.659. The van der Waals surface area contributed by atoms with Crippen LogP contribution in [0.4, 0.5) is 16.2 Å². The van der Waals surface area contributed by atoms with Crippen molar-refractivity contribution < 1.29 is 47.3 Å². The van der Waals surface area contributed by atoms with Gasteiger partial charge in [-0.3, -0.25) is 14.9 Å². The number of carboxylic acid groups (broad SMARTS) is 1. The third-order valence-electron chi connectivity index (χ3n) is 12.8. The van der Waals surface area contributed by atoms with Crippen molar-refractivity contribution in [2.45, 2.75) is 135 Å². The molecule has 2 aromatic carbocycles. The zero-order valence-corrected chi connectivity index (χ0v) is 40.2. The van der Waals surface area contributed by atoms with Crippen LogP contribution in [0.15, 0.2) is 24.3 Å². The highest BCUT2D eigenvalue weighted by Crippen LogP contribution is 2.40. The number of benzene rings is 2. The topological polar surface area (TPSA) is 171 Å². The van der Waals surface area contributed by atoms with E-state index in [9.17, 15) is 19.5 Å². The van der Waals surface area contributed by atoms with Crippen molar-refractivity contribution in [3.05, 3.63) is 35.4 Å². The average Bonchev–Trinajstić information content (AvgIpc) is 3.84. The van der Waals surface area contributed by atoms with E-state index in [0.717, 1.165) is 32.1 Å². The largest absolute Gasteiger partial charge is 0.493 e. The summed E-state index contributed by atoms with van der Waals surface area (Å²) in [5.74, 6) is 1.13. The number of amides is 3. The predicted molar refractivity (Wildman–Crippen MR) is 241 cm³/mol. The Balaban J connectivity index is 1.32. The molecule has 0 bridgehead atoms. The van der Waals surface area contributed by atoms with Crippen molar-refractivity contribution in [1.82, 2.24) is 9.80 Å². The molecule has 16 heteroatoms. The highest BCUT2D eigenvalue weighted by molar-refractivity contribution is 6.74. The van der Waals surface area contributed by atoms with Crippen LogP contribution >= 0.6 is 0 Å². The minimum absolute atomic E-state index is 0.00345. The normalized spacial score (nSPS) is 17.5. The number of unbranched alkanes of at least 4 members (excludes halogenated alkanes) is 2. The lowest BCUT2D eigenvalue weighted by Crippen LogP contribution is -2.46. The zero-order valence-electron chi connectivity index (χ0n) is 38.2. The molecular formula is C44H72N4O10Si2. The van der Waals surface area contributed by atoms with E-state index in [1.807, 2.05) is 4.90 Å². The molecule has 3 amide bonds. The first-order chi connectivity index (χ1) is 28.0. The van der Waals surface area contributed by atoms with Gasteiger partial charge in [0, 0.05) is 30.9 Å². The Morgan fingerprint density at radius 2 is 1.13 bits per heavy atom. The van der Waals surface area contributed by atoms with Crippen molar-refractivity contribution in [3.63, 3.8) is 0 Å². The Morgan fingerprint density at radius 1 is 0.700 bits per heavy atom. The minimum atomic E-state index is -2.03. The van der Waals surface area contributed by atoms with Gasteiger partial charge in [0.05, 0.1) is 69.5 Å². The lowest BCUT2D eigenvalue weighted by molar-refractivity contribution is 0.0678. The third kappa shape index (κ3) is 12.1. The summed E-state index contributed by atoms with van der Waals surface area (Å²) in [6.45, 7) is 24.9. The molecule has 2 unspecified atom stereocenters. The monoisotopic (exact) mass is 872 g/mol. The first-order valence-electron chi connectivity index (χ1n) is 21.4. The molecule has 0 radical (unpaired) electrons. The maximum atomic E-state index is 14.0.